The number of carbonyl (C=O) groups is 2. The number of benzene rings is 1. The first-order valence-corrected chi connectivity index (χ1v) is 6.45. The number of ether oxygens (including phenoxy) is 2. The van der Waals surface area contributed by atoms with Crippen molar-refractivity contribution in [1.29, 1.82) is 0 Å². The van der Waals surface area contributed by atoms with E-state index in [0.717, 1.165) is 0 Å². The molecular weight excluding hydrogens is 278 g/mol. The van der Waals surface area contributed by atoms with Crippen LogP contribution in [0, 0.1) is 0 Å². The number of rotatable bonds is 1. The van der Waals surface area contributed by atoms with Gasteiger partial charge >= 0.3 is 11.9 Å². The van der Waals surface area contributed by atoms with E-state index in [1.165, 1.54) is 18.2 Å². The van der Waals surface area contributed by atoms with Crippen LogP contribution >= 0.6 is 0 Å². The van der Waals surface area contributed by atoms with Crippen molar-refractivity contribution in [2.75, 3.05) is 0 Å². The Hall–Kier alpha value is -2.39. The number of furan rings is 1. The lowest BCUT2D eigenvalue weighted by molar-refractivity contribution is -0.155. The highest BCUT2D eigenvalue weighted by molar-refractivity contribution is 7.89. The van der Waals surface area contributed by atoms with Gasteiger partial charge in [0.15, 0.2) is 0 Å². The van der Waals surface area contributed by atoms with Gasteiger partial charge in [0, 0.05) is 0 Å². The lowest BCUT2D eigenvalue weighted by Crippen LogP contribution is -2.24. The van der Waals surface area contributed by atoms with Crippen molar-refractivity contribution in [3.63, 3.8) is 0 Å². The molecule has 0 atom stereocenters. The number of hydrogen-bond acceptors (Lipinski definition) is 7. The monoisotopic (exact) mass is 283 g/mol. The summed E-state index contributed by atoms with van der Waals surface area (Å²) < 4.78 is 37.2. The maximum atomic E-state index is 11.4. The summed E-state index contributed by atoms with van der Waals surface area (Å²) in [6.45, 7) is 0. The maximum absolute atomic E-state index is 11.4. The summed E-state index contributed by atoms with van der Waals surface area (Å²) in [5, 5.41) is 4.29. The van der Waals surface area contributed by atoms with Crippen LogP contribution in [0.4, 0.5) is 0 Å². The van der Waals surface area contributed by atoms with Crippen molar-refractivity contribution in [3.8, 4) is 11.5 Å². The summed E-state index contributed by atoms with van der Waals surface area (Å²) in [5.41, 5.74) is 0.0685. The zero-order valence-electron chi connectivity index (χ0n) is 9.08. The van der Waals surface area contributed by atoms with Crippen molar-refractivity contribution >= 4 is 32.9 Å². The molecule has 0 aliphatic carbocycles. The maximum Gasteiger partial charge on any atom is 0.423 e. The topological polar surface area (TPSA) is 126 Å². The van der Waals surface area contributed by atoms with Crippen LogP contribution < -0.4 is 14.6 Å². The molecule has 1 aromatic carbocycles. The highest BCUT2D eigenvalue weighted by atomic mass is 32.2. The predicted octanol–water partition coefficient (Wildman–Crippen LogP) is -0.0954. The molecular formula is C10H5NO7S. The summed E-state index contributed by atoms with van der Waals surface area (Å²) in [4.78, 5) is 22.6. The summed E-state index contributed by atoms with van der Waals surface area (Å²) in [6.07, 6.45) is 0. The molecule has 98 valence electrons. The molecule has 0 unspecified atom stereocenters. The third-order valence-electron chi connectivity index (χ3n) is 2.43. The fraction of sp³-hybridized carbons (Fsp3) is 0. The molecule has 0 saturated heterocycles. The molecule has 2 N–H and O–H groups in total. The highest BCUT2D eigenvalue weighted by Gasteiger charge is 2.34. The van der Waals surface area contributed by atoms with Gasteiger partial charge in [0.05, 0.1) is 0 Å². The van der Waals surface area contributed by atoms with Gasteiger partial charge in [-0.25, -0.2) is 23.1 Å². The van der Waals surface area contributed by atoms with E-state index < -0.39 is 32.8 Å². The van der Waals surface area contributed by atoms with Gasteiger partial charge in [-0.3, -0.25) is 0 Å². The number of primary sulfonamides is 1. The second-order valence-corrected chi connectivity index (χ2v) is 5.13. The van der Waals surface area contributed by atoms with Gasteiger partial charge in [0.1, 0.15) is 16.7 Å². The van der Waals surface area contributed by atoms with E-state index >= 15 is 0 Å². The largest absolute Gasteiger partial charge is 0.440 e. The molecule has 0 amide bonds. The van der Waals surface area contributed by atoms with Crippen LogP contribution in [-0.2, 0) is 19.6 Å². The van der Waals surface area contributed by atoms with Crippen molar-refractivity contribution in [2.45, 2.75) is 5.09 Å². The summed E-state index contributed by atoms with van der Waals surface area (Å²) >= 11 is 0. The number of esters is 2. The van der Waals surface area contributed by atoms with Crippen molar-refractivity contribution in [1.82, 2.24) is 0 Å². The molecule has 3 rings (SSSR count). The van der Waals surface area contributed by atoms with E-state index in [2.05, 4.69) is 4.74 Å². The molecule has 0 saturated carbocycles. The van der Waals surface area contributed by atoms with Gasteiger partial charge in [0.25, 0.3) is 15.1 Å². The Morgan fingerprint density at radius 2 is 1.74 bits per heavy atom. The van der Waals surface area contributed by atoms with Crippen molar-refractivity contribution < 1.29 is 31.9 Å². The van der Waals surface area contributed by atoms with Crippen molar-refractivity contribution in [3.05, 3.63) is 18.2 Å². The standard InChI is InChI=1S/C10H5NO7S/c11-19(14,15)10-7-6-4(2-1-3-5(6)17-10)16-8(12)9(13)18-7/h1-3H,(H2,11,14,15). The smallest absolute Gasteiger partial charge is 0.423 e. The predicted molar refractivity (Wildman–Crippen MR) is 58.9 cm³/mol. The fourth-order valence-corrected chi connectivity index (χ4v) is 2.32. The molecule has 0 bridgehead atoms. The molecule has 0 radical (unpaired) electrons. The zero-order chi connectivity index (χ0) is 13.8. The average molecular weight is 283 g/mol. The van der Waals surface area contributed by atoms with E-state index in [0.29, 0.717) is 0 Å². The number of nitrogens with two attached hydrogens (primary N) is 1. The van der Waals surface area contributed by atoms with Gasteiger partial charge < -0.3 is 13.9 Å². The minimum atomic E-state index is -4.26. The average Bonchev–Trinajstić information content (AvgIpc) is 2.62. The Kier molecular flexibility index (Phi) is 2.19. The van der Waals surface area contributed by atoms with E-state index in [4.69, 9.17) is 14.3 Å². The Labute approximate surface area is 105 Å². The molecule has 1 aromatic heterocycles. The number of sulfonamides is 1. The van der Waals surface area contributed by atoms with Crippen LogP contribution in [0.2, 0.25) is 0 Å². The normalized spacial score (nSPS) is 15.0. The van der Waals surface area contributed by atoms with E-state index in [9.17, 15) is 18.0 Å². The lowest BCUT2D eigenvalue weighted by atomic mass is 10.2. The van der Waals surface area contributed by atoms with Gasteiger partial charge in [0.2, 0.25) is 5.75 Å². The molecule has 2 heterocycles. The van der Waals surface area contributed by atoms with Crippen LogP contribution in [-0.4, -0.2) is 20.4 Å². The Balaban J connectivity index is 2.44. The molecule has 8 nitrogen and oxygen atoms in total. The van der Waals surface area contributed by atoms with E-state index in [-0.39, 0.29) is 16.7 Å². The quantitative estimate of drug-likeness (QED) is 0.440. The molecule has 2 aromatic rings. The van der Waals surface area contributed by atoms with Crippen LogP contribution in [0.1, 0.15) is 0 Å². The molecule has 0 spiro atoms. The summed E-state index contributed by atoms with van der Waals surface area (Å²) in [5.74, 6) is -3.10. The van der Waals surface area contributed by atoms with E-state index in [1.807, 2.05) is 0 Å². The summed E-state index contributed by atoms with van der Waals surface area (Å²) in [6, 6.07) is 4.25. The van der Waals surface area contributed by atoms with Crippen LogP contribution in [0.25, 0.3) is 11.0 Å². The van der Waals surface area contributed by atoms with E-state index in [1.54, 1.807) is 0 Å². The summed E-state index contributed by atoms with van der Waals surface area (Å²) in [7, 11) is -4.26. The molecule has 19 heavy (non-hydrogen) atoms. The molecule has 1 aliphatic rings. The Bertz CT molecular complexity index is 833. The first kappa shape index (κ1) is 11.7. The Morgan fingerprint density at radius 3 is 2.42 bits per heavy atom. The number of hydrogen-bond donors (Lipinski definition) is 1. The third-order valence-corrected chi connectivity index (χ3v) is 3.21. The van der Waals surface area contributed by atoms with Crippen LogP contribution in [0.5, 0.6) is 11.5 Å². The Morgan fingerprint density at radius 1 is 1.05 bits per heavy atom. The third kappa shape index (κ3) is 1.67. The lowest BCUT2D eigenvalue weighted by Gasteiger charge is -1.99. The second-order valence-electron chi connectivity index (χ2n) is 3.67. The van der Waals surface area contributed by atoms with Crippen LogP contribution in [0.3, 0.4) is 0 Å². The molecule has 9 heteroatoms. The van der Waals surface area contributed by atoms with Gasteiger partial charge in [-0.15, -0.1) is 0 Å². The van der Waals surface area contributed by atoms with Gasteiger partial charge in [-0.05, 0) is 12.1 Å². The first-order chi connectivity index (χ1) is 8.88. The molecule has 1 aliphatic heterocycles. The van der Waals surface area contributed by atoms with Gasteiger partial charge in [-0.1, -0.05) is 6.07 Å². The van der Waals surface area contributed by atoms with Crippen molar-refractivity contribution in [2.24, 2.45) is 5.14 Å². The van der Waals surface area contributed by atoms with Gasteiger partial charge in [-0.2, -0.15) is 0 Å². The fourth-order valence-electron chi connectivity index (χ4n) is 1.71. The zero-order valence-corrected chi connectivity index (χ0v) is 9.89. The highest BCUT2D eigenvalue weighted by Crippen LogP contribution is 2.42. The minimum absolute atomic E-state index is 0.0398. The number of carbonyl (C=O) groups excluding carboxylic acids is 2. The van der Waals surface area contributed by atoms with Crippen LogP contribution in [0.15, 0.2) is 27.7 Å². The SMILES string of the molecule is NS(=O)(=O)c1oc2cccc3c2c1OC(=O)C(=O)O3. The second kappa shape index (κ2) is 3.56. The minimum Gasteiger partial charge on any atom is -0.440 e. The molecule has 0 fully saturated rings. The first-order valence-electron chi connectivity index (χ1n) is 4.90.